The Balaban J connectivity index is 1.78. The summed E-state index contributed by atoms with van der Waals surface area (Å²) in [5, 5.41) is 11.5. The molecule has 2 aromatic carbocycles. The van der Waals surface area contributed by atoms with Crippen molar-refractivity contribution in [1.82, 2.24) is 20.1 Å². The van der Waals surface area contributed by atoms with Crippen LogP contribution < -0.4 is 5.32 Å². The molecule has 0 unspecified atom stereocenters. The molecular weight excluding hydrogens is 379 g/mol. The normalized spacial score (nSPS) is 14.2. The van der Waals surface area contributed by atoms with E-state index < -0.39 is 0 Å². The van der Waals surface area contributed by atoms with Gasteiger partial charge in [0.1, 0.15) is 18.0 Å². The van der Waals surface area contributed by atoms with Gasteiger partial charge in [0.25, 0.3) is 5.91 Å². The van der Waals surface area contributed by atoms with Crippen LogP contribution in [0.15, 0.2) is 48.8 Å². The Hall–Kier alpha value is -3.02. The summed E-state index contributed by atoms with van der Waals surface area (Å²) in [5.41, 5.74) is 2.80. The van der Waals surface area contributed by atoms with Crippen molar-refractivity contribution in [3.05, 3.63) is 66.0 Å². The Morgan fingerprint density at radius 1 is 1.13 bits per heavy atom. The molecule has 1 aliphatic carbocycles. The first kappa shape index (κ1) is 20.3. The molecule has 1 N–H and O–H groups in total. The number of halogens is 1. The minimum Gasteiger partial charge on any atom is -0.347 e. The van der Waals surface area contributed by atoms with Crippen LogP contribution in [0, 0.1) is 11.7 Å². The number of nitrogens with zero attached hydrogens (tertiary/aromatic N) is 3. The Kier molecular flexibility index (Phi) is 5.18. The predicted molar refractivity (Wildman–Crippen MR) is 115 cm³/mol. The van der Waals surface area contributed by atoms with Gasteiger partial charge < -0.3 is 5.32 Å². The lowest BCUT2D eigenvalue weighted by molar-refractivity contribution is 0.0903. The number of carbonyl (C=O) groups is 1. The van der Waals surface area contributed by atoms with Gasteiger partial charge in [0.05, 0.1) is 0 Å². The lowest BCUT2D eigenvalue weighted by Crippen LogP contribution is -2.45. The third-order valence-electron chi connectivity index (χ3n) is 5.76. The maximum absolute atomic E-state index is 13.4. The molecule has 30 heavy (non-hydrogen) atoms. The smallest absolute Gasteiger partial charge is 0.251 e. The van der Waals surface area contributed by atoms with Crippen molar-refractivity contribution < 1.29 is 9.18 Å². The van der Waals surface area contributed by atoms with Gasteiger partial charge in [-0.25, -0.2) is 4.39 Å². The monoisotopic (exact) mass is 406 g/mol. The SMILES string of the molecule is CC(C)c1nncn1-c1cc(C(=O)NC(C)(C)C2CC2)cc(-c2ccc(F)cc2)c1. The van der Waals surface area contributed by atoms with E-state index in [-0.39, 0.29) is 23.2 Å². The van der Waals surface area contributed by atoms with Gasteiger partial charge in [-0.05, 0) is 74.1 Å². The topological polar surface area (TPSA) is 59.8 Å². The van der Waals surface area contributed by atoms with Gasteiger partial charge in [-0.1, -0.05) is 26.0 Å². The first-order chi connectivity index (χ1) is 14.2. The van der Waals surface area contributed by atoms with Crippen LogP contribution >= 0.6 is 0 Å². The van der Waals surface area contributed by atoms with Gasteiger partial charge in [0.15, 0.2) is 0 Å². The fourth-order valence-electron chi connectivity index (χ4n) is 3.80. The molecular formula is C24H27FN4O. The standard InChI is InChI=1S/C24H27FN4O/c1-15(2)22-28-26-14-29(22)21-12-17(16-5-9-20(25)10-6-16)11-18(13-21)23(30)27-24(3,4)19-7-8-19/h5-6,9-15,19H,7-8H2,1-4H3,(H,27,30). The summed E-state index contributed by atoms with van der Waals surface area (Å²) < 4.78 is 15.3. The predicted octanol–water partition coefficient (Wildman–Crippen LogP) is 5.12. The minimum absolute atomic E-state index is 0.115. The summed E-state index contributed by atoms with van der Waals surface area (Å²) in [4.78, 5) is 13.2. The van der Waals surface area contributed by atoms with Gasteiger partial charge in [0.2, 0.25) is 0 Å². The first-order valence-electron chi connectivity index (χ1n) is 10.4. The molecule has 0 saturated heterocycles. The van der Waals surface area contributed by atoms with Crippen molar-refractivity contribution >= 4 is 5.91 Å². The summed E-state index contributed by atoms with van der Waals surface area (Å²) in [6, 6.07) is 12.0. The summed E-state index contributed by atoms with van der Waals surface area (Å²) in [5.74, 6) is 1.10. The average molecular weight is 407 g/mol. The molecule has 5 nitrogen and oxygen atoms in total. The Labute approximate surface area is 176 Å². The molecule has 4 rings (SSSR count). The molecule has 1 heterocycles. The molecule has 1 fully saturated rings. The van der Waals surface area contributed by atoms with Crippen molar-refractivity contribution in [3.63, 3.8) is 0 Å². The molecule has 1 saturated carbocycles. The van der Waals surface area contributed by atoms with E-state index in [2.05, 4.69) is 43.2 Å². The molecule has 0 spiro atoms. The highest BCUT2D eigenvalue weighted by atomic mass is 19.1. The highest BCUT2D eigenvalue weighted by Gasteiger charge is 2.38. The zero-order valence-electron chi connectivity index (χ0n) is 17.8. The molecule has 1 aromatic heterocycles. The van der Waals surface area contributed by atoms with Crippen molar-refractivity contribution in [2.24, 2.45) is 5.92 Å². The fourth-order valence-corrected chi connectivity index (χ4v) is 3.80. The zero-order chi connectivity index (χ0) is 21.5. The van der Waals surface area contributed by atoms with E-state index in [0.717, 1.165) is 35.5 Å². The van der Waals surface area contributed by atoms with Crippen LogP contribution in [0.2, 0.25) is 0 Å². The molecule has 0 bridgehead atoms. The number of aromatic nitrogens is 3. The van der Waals surface area contributed by atoms with Crippen LogP contribution in [-0.2, 0) is 0 Å². The van der Waals surface area contributed by atoms with Gasteiger partial charge in [-0.3, -0.25) is 9.36 Å². The zero-order valence-corrected chi connectivity index (χ0v) is 17.8. The summed E-state index contributed by atoms with van der Waals surface area (Å²) in [6.07, 6.45) is 3.95. The van der Waals surface area contributed by atoms with Gasteiger partial charge in [0, 0.05) is 22.7 Å². The fraction of sp³-hybridized carbons (Fsp3) is 0.375. The van der Waals surface area contributed by atoms with Crippen LogP contribution in [0.4, 0.5) is 4.39 Å². The number of benzene rings is 2. The Morgan fingerprint density at radius 2 is 1.83 bits per heavy atom. The van der Waals surface area contributed by atoms with E-state index in [0.29, 0.717) is 11.5 Å². The molecule has 3 aromatic rings. The second kappa shape index (κ2) is 7.67. The summed E-state index contributed by atoms with van der Waals surface area (Å²) >= 11 is 0. The molecule has 156 valence electrons. The van der Waals surface area contributed by atoms with Crippen LogP contribution in [0.1, 0.15) is 62.6 Å². The molecule has 0 aliphatic heterocycles. The Bertz CT molecular complexity index is 1070. The third-order valence-corrected chi connectivity index (χ3v) is 5.76. The number of amides is 1. The molecule has 0 atom stereocenters. The van der Waals surface area contributed by atoms with Crippen molar-refractivity contribution in [2.45, 2.75) is 52.0 Å². The molecule has 0 radical (unpaired) electrons. The number of nitrogens with one attached hydrogen (secondary N) is 1. The van der Waals surface area contributed by atoms with E-state index in [4.69, 9.17) is 0 Å². The van der Waals surface area contributed by atoms with Gasteiger partial charge in [-0.15, -0.1) is 10.2 Å². The average Bonchev–Trinajstić information content (AvgIpc) is 3.45. The van der Waals surface area contributed by atoms with Crippen LogP contribution in [0.3, 0.4) is 0 Å². The van der Waals surface area contributed by atoms with E-state index in [1.165, 1.54) is 12.1 Å². The number of rotatable bonds is 6. The minimum atomic E-state index is -0.292. The van der Waals surface area contributed by atoms with Crippen molar-refractivity contribution in [3.8, 4) is 16.8 Å². The van der Waals surface area contributed by atoms with Crippen LogP contribution in [-0.4, -0.2) is 26.2 Å². The number of hydrogen-bond acceptors (Lipinski definition) is 3. The largest absolute Gasteiger partial charge is 0.347 e. The Morgan fingerprint density at radius 3 is 2.47 bits per heavy atom. The quantitative estimate of drug-likeness (QED) is 0.618. The number of hydrogen-bond donors (Lipinski definition) is 1. The molecule has 1 amide bonds. The number of carbonyl (C=O) groups excluding carboxylic acids is 1. The van der Waals surface area contributed by atoms with Crippen molar-refractivity contribution in [2.75, 3.05) is 0 Å². The summed E-state index contributed by atoms with van der Waals surface area (Å²) in [6.45, 7) is 8.25. The highest BCUT2D eigenvalue weighted by molar-refractivity contribution is 5.96. The van der Waals surface area contributed by atoms with Gasteiger partial charge >= 0.3 is 0 Å². The maximum atomic E-state index is 13.4. The molecule has 6 heteroatoms. The van der Waals surface area contributed by atoms with Gasteiger partial charge in [-0.2, -0.15) is 0 Å². The lowest BCUT2D eigenvalue weighted by atomic mass is 9.97. The maximum Gasteiger partial charge on any atom is 0.251 e. The molecule has 1 aliphatic rings. The van der Waals surface area contributed by atoms with E-state index in [1.807, 2.05) is 22.8 Å². The van der Waals surface area contributed by atoms with E-state index in [1.54, 1.807) is 18.5 Å². The van der Waals surface area contributed by atoms with Crippen molar-refractivity contribution in [1.29, 1.82) is 0 Å². The first-order valence-corrected chi connectivity index (χ1v) is 10.4. The van der Waals surface area contributed by atoms with Crippen LogP contribution in [0.5, 0.6) is 0 Å². The second-order valence-corrected chi connectivity index (χ2v) is 8.94. The van der Waals surface area contributed by atoms with E-state index >= 15 is 0 Å². The highest BCUT2D eigenvalue weighted by Crippen LogP contribution is 2.39. The lowest BCUT2D eigenvalue weighted by Gasteiger charge is -2.26. The third kappa shape index (κ3) is 4.13. The summed E-state index contributed by atoms with van der Waals surface area (Å²) in [7, 11) is 0. The van der Waals surface area contributed by atoms with Crippen LogP contribution in [0.25, 0.3) is 16.8 Å². The second-order valence-electron chi connectivity index (χ2n) is 8.94. The van der Waals surface area contributed by atoms with E-state index in [9.17, 15) is 9.18 Å².